The molecule has 3 fully saturated rings. The van der Waals surface area contributed by atoms with Gasteiger partial charge in [-0.1, -0.05) is 64.9 Å². The first kappa shape index (κ1) is 25.8. The van der Waals surface area contributed by atoms with Gasteiger partial charge in [-0.15, -0.1) is 5.92 Å². The van der Waals surface area contributed by atoms with Gasteiger partial charge in [0.1, 0.15) is 5.60 Å². The third kappa shape index (κ3) is 4.36. The number of carbonyl (C=O) groups excluding carboxylic acids is 1. The first-order valence-electron chi connectivity index (χ1n) is 14.5. The van der Waals surface area contributed by atoms with Gasteiger partial charge in [0.25, 0.3) is 0 Å². The van der Waals surface area contributed by atoms with Crippen molar-refractivity contribution in [2.75, 3.05) is 0 Å². The van der Waals surface area contributed by atoms with E-state index in [9.17, 15) is 9.90 Å². The summed E-state index contributed by atoms with van der Waals surface area (Å²) in [5, 5.41) is 11.8. The Morgan fingerprint density at radius 2 is 1.68 bits per heavy atom. The van der Waals surface area contributed by atoms with Crippen molar-refractivity contribution in [3.05, 3.63) is 22.8 Å². The highest BCUT2D eigenvalue weighted by molar-refractivity contribution is 5.93. The number of carbonyl (C=O) groups is 1. The summed E-state index contributed by atoms with van der Waals surface area (Å²) < 4.78 is 0. The van der Waals surface area contributed by atoms with Crippen LogP contribution in [-0.2, 0) is 4.79 Å². The molecule has 0 bridgehead atoms. The molecule has 2 heteroatoms. The summed E-state index contributed by atoms with van der Waals surface area (Å²) in [6.07, 6.45) is 16.9. The molecule has 5 aliphatic rings. The number of allylic oxidation sites excluding steroid dienone is 4. The Kier molecular flexibility index (Phi) is 7.83. The minimum absolute atomic E-state index is 0.114. The van der Waals surface area contributed by atoms with Crippen molar-refractivity contribution >= 4 is 5.78 Å². The van der Waals surface area contributed by atoms with Crippen LogP contribution in [0.15, 0.2) is 22.8 Å². The number of hydrogen-bond acceptors (Lipinski definition) is 2. The zero-order valence-corrected chi connectivity index (χ0v) is 22.5. The third-order valence-electron chi connectivity index (χ3n) is 10.4. The smallest absolute Gasteiger partial charge is 0.156 e. The highest BCUT2D eigenvalue weighted by Gasteiger charge is 2.63. The maximum atomic E-state index is 12.2. The highest BCUT2D eigenvalue weighted by atomic mass is 16.3. The second kappa shape index (κ2) is 10.3. The lowest BCUT2D eigenvalue weighted by molar-refractivity contribution is -0.114. The Hall–Kier alpha value is -1.33. The third-order valence-corrected chi connectivity index (χ3v) is 10.4. The van der Waals surface area contributed by atoms with Crippen LogP contribution in [-0.4, -0.2) is 16.5 Å². The minimum Gasteiger partial charge on any atom is -0.377 e. The van der Waals surface area contributed by atoms with Crippen LogP contribution >= 0.6 is 0 Å². The summed E-state index contributed by atoms with van der Waals surface area (Å²) in [4.78, 5) is 12.2. The normalized spacial score (nSPS) is 41.9. The van der Waals surface area contributed by atoms with Crippen molar-refractivity contribution in [1.29, 1.82) is 0 Å². The molecule has 5 aliphatic carbocycles. The molecule has 0 spiro atoms. The summed E-state index contributed by atoms with van der Waals surface area (Å²) in [5.74, 6) is 9.98. The summed E-state index contributed by atoms with van der Waals surface area (Å²) in [5.41, 5.74) is 3.72. The van der Waals surface area contributed by atoms with Crippen molar-refractivity contribution in [2.45, 2.75) is 124 Å². The summed E-state index contributed by atoms with van der Waals surface area (Å²) in [6.45, 7) is 10.7. The van der Waals surface area contributed by atoms with E-state index in [1.54, 1.807) is 11.1 Å². The second-order valence-corrected chi connectivity index (χ2v) is 12.1. The Morgan fingerprint density at radius 1 is 0.971 bits per heavy atom. The zero-order chi connectivity index (χ0) is 24.5. The molecule has 0 heterocycles. The maximum Gasteiger partial charge on any atom is 0.156 e. The van der Waals surface area contributed by atoms with Gasteiger partial charge in [0, 0.05) is 11.8 Å². The molecular formula is C32H48O2. The van der Waals surface area contributed by atoms with Gasteiger partial charge in [0.2, 0.25) is 0 Å². The Balaban J connectivity index is 0.00000133. The molecule has 2 nitrogen and oxygen atoms in total. The first-order chi connectivity index (χ1) is 16.4. The molecule has 0 aromatic rings. The van der Waals surface area contributed by atoms with E-state index in [1.807, 2.05) is 26.8 Å². The molecule has 0 saturated heterocycles. The van der Waals surface area contributed by atoms with Gasteiger partial charge < -0.3 is 5.11 Å². The molecule has 0 aromatic heterocycles. The number of hydrogen-bond donors (Lipinski definition) is 1. The van der Waals surface area contributed by atoms with Gasteiger partial charge >= 0.3 is 0 Å². The summed E-state index contributed by atoms with van der Waals surface area (Å²) in [6, 6.07) is 0. The highest BCUT2D eigenvalue weighted by Crippen LogP contribution is 2.66. The van der Waals surface area contributed by atoms with Crippen molar-refractivity contribution in [1.82, 2.24) is 0 Å². The molecule has 34 heavy (non-hydrogen) atoms. The van der Waals surface area contributed by atoms with E-state index in [2.05, 4.69) is 25.7 Å². The molecule has 5 rings (SSSR count). The molecule has 0 radical (unpaired) electrons. The lowest BCUT2D eigenvalue weighted by Crippen LogP contribution is -2.52. The lowest BCUT2D eigenvalue weighted by atomic mass is 9.50. The van der Waals surface area contributed by atoms with Gasteiger partial charge in [-0.25, -0.2) is 0 Å². The lowest BCUT2D eigenvalue weighted by Gasteiger charge is -2.55. The van der Waals surface area contributed by atoms with Crippen LogP contribution in [0.2, 0.25) is 0 Å². The average molecular weight is 465 g/mol. The fourth-order valence-electron chi connectivity index (χ4n) is 8.71. The molecule has 0 amide bonds. The second-order valence-electron chi connectivity index (χ2n) is 12.1. The Bertz CT molecular complexity index is 888. The predicted molar refractivity (Wildman–Crippen MR) is 141 cm³/mol. The fourth-order valence-corrected chi connectivity index (χ4v) is 8.71. The van der Waals surface area contributed by atoms with E-state index in [1.165, 1.54) is 44.1 Å². The van der Waals surface area contributed by atoms with Crippen LogP contribution in [0, 0.1) is 46.8 Å². The average Bonchev–Trinajstić information content (AvgIpc) is 3.07. The minimum atomic E-state index is -0.838. The van der Waals surface area contributed by atoms with Crippen molar-refractivity contribution < 1.29 is 9.90 Å². The van der Waals surface area contributed by atoms with Crippen LogP contribution in [0.25, 0.3) is 0 Å². The van der Waals surface area contributed by atoms with Gasteiger partial charge in [0.15, 0.2) is 5.78 Å². The van der Waals surface area contributed by atoms with E-state index in [0.29, 0.717) is 30.0 Å². The van der Waals surface area contributed by atoms with Crippen LogP contribution in [0.5, 0.6) is 0 Å². The largest absolute Gasteiger partial charge is 0.377 e. The number of fused-ring (bicyclic) bond motifs is 4. The van der Waals surface area contributed by atoms with E-state index >= 15 is 0 Å². The van der Waals surface area contributed by atoms with E-state index in [4.69, 9.17) is 0 Å². The quantitative estimate of drug-likeness (QED) is 0.402. The molecule has 188 valence electrons. The topological polar surface area (TPSA) is 37.3 Å². The van der Waals surface area contributed by atoms with E-state index in [0.717, 1.165) is 50.4 Å². The van der Waals surface area contributed by atoms with Crippen LogP contribution < -0.4 is 0 Å². The van der Waals surface area contributed by atoms with Crippen LogP contribution in [0.4, 0.5) is 0 Å². The molecule has 0 aromatic carbocycles. The van der Waals surface area contributed by atoms with Gasteiger partial charge in [-0.2, -0.15) is 0 Å². The number of ketones is 1. The van der Waals surface area contributed by atoms with Crippen molar-refractivity contribution in [3.63, 3.8) is 0 Å². The van der Waals surface area contributed by atoms with Crippen molar-refractivity contribution in [2.24, 2.45) is 35.0 Å². The molecule has 3 saturated carbocycles. The standard InChI is InChI=1S/C30H42O2.C2H6/c1-4-16-30(32)17-15-27-25-13-11-22-18-23(31)12-14-24(22)28(25)26(19-29(27,30)3)21-9-5-7-20(2)8-6-10-21;1-2/h18,20-21,25-27,32H,5-15,17,19H2,1-3H3;1-2H3. The summed E-state index contributed by atoms with van der Waals surface area (Å²) >= 11 is 0. The van der Waals surface area contributed by atoms with Crippen LogP contribution in [0.3, 0.4) is 0 Å². The molecular weight excluding hydrogens is 416 g/mol. The van der Waals surface area contributed by atoms with E-state index < -0.39 is 5.60 Å². The Morgan fingerprint density at radius 3 is 2.35 bits per heavy atom. The molecule has 1 N–H and O–H groups in total. The Labute approximate surface area is 209 Å². The zero-order valence-electron chi connectivity index (χ0n) is 22.5. The van der Waals surface area contributed by atoms with Crippen molar-refractivity contribution in [3.8, 4) is 11.8 Å². The molecule has 0 aliphatic heterocycles. The monoisotopic (exact) mass is 464 g/mol. The van der Waals surface area contributed by atoms with E-state index in [-0.39, 0.29) is 5.41 Å². The first-order valence-corrected chi connectivity index (χ1v) is 14.5. The van der Waals surface area contributed by atoms with Gasteiger partial charge in [-0.05, 0) is 105 Å². The maximum absolute atomic E-state index is 12.2. The molecule has 5 atom stereocenters. The fraction of sp³-hybridized carbons (Fsp3) is 0.781. The number of rotatable bonds is 1. The summed E-state index contributed by atoms with van der Waals surface area (Å²) in [7, 11) is 0. The van der Waals surface area contributed by atoms with Crippen LogP contribution in [0.1, 0.15) is 118 Å². The predicted octanol–water partition coefficient (Wildman–Crippen LogP) is 7.81. The SMILES string of the molecule is CC.CC#CC1(O)CCC2C3CCC4=CC(=O)CCC4=C3C(C3CCCC(C)CCC3)CC21C. The molecule has 5 unspecified atom stereocenters. The van der Waals surface area contributed by atoms with Gasteiger partial charge in [0.05, 0.1) is 0 Å². The van der Waals surface area contributed by atoms with Gasteiger partial charge in [-0.3, -0.25) is 4.79 Å². The number of aliphatic hydroxyl groups is 1.